The van der Waals surface area contributed by atoms with Crippen molar-refractivity contribution in [2.45, 2.75) is 25.9 Å². The molecule has 20 heavy (non-hydrogen) atoms. The zero-order valence-electron chi connectivity index (χ0n) is 11.2. The summed E-state index contributed by atoms with van der Waals surface area (Å²) in [6, 6.07) is 3.22. The molecule has 0 saturated heterocycles. The molecule has 0 bridgehead atoms. The van der Waals surface area contributed by atoms with Crippen molar-refractivity contribution < 1.29 is 18.0 Å². The smallest absolute Gasteiger partial charge is 0.383 e. The molecule has 0 spiro atoms. The van der Waals surface area contributed by atoms with Crippen LogP contribution in [0.25, 0.3) is 0 Å². The van der Waals surface area contributed by atoms with E-state index in [0.717, 1.165) is 18.6 Å². The third-order valence-electron chi connectivity index (χ3n) is 2.56. The average molecular weight is 289 g/mol. The summed E-state index contributed by atoms with van der Waals surface area (Å²) in [4.78, 5) is 11.5. The second-order valence-electron chi connectivity index (χ2n) is 4.27. The van der Waals surface area contributed by atoms with Gasteiger partial charge in [-0.25, -0.2) is 0 Å². The van der Waals surface area contributed by atoms with Crippen molar-refractivity contribution >= 4 is 17.3 Å². The van der Waals surface area contributed by atoms with Crippen molar-refractivity contribution in [2.24, 2.45) is 5.73 Å². The Morgan fingerprint density at radius 2 is 2.00 bits per heavy atom. The fourth-order valence-corrected chi connectivity index (χ4v) is 1.58. The Kier molecular flexibility index (Phi) is 5.82. The Morgan fingerprint density at radius 1 is 1.30 bits per heavy atom. The molecule has 1 amide bonds. The van der Waals surface area contributed by atoms with Crippen molar-refractivity contribution in [3.63, 3.8) is 0 Å². The minimum absolute atomic E-state index is 0.0590. The molecule has 1 aromatic carbocycles. The van der Waals surface area contributed by atoms with Crippen LogP contribution in [0.5, 0.6) is 0 Å². The number of rotatable bonds is 6. The quantitative estimate of drug-likeness (QED) is 0.754. The fourth-order valence-electron chi connectivity index (χ4n) is 1.58. The van der Waals surface area contributed by atoms with Crippen molar-refractivity contribution in [1.82, 2.24) is 0 Å². The van der Waals surface area contributed by atoms with Gasteiger partial charge in [0.1, 0.15) is 0 Å². The standard InChI is InChI=1S/C13H18F3N3O/c1-2-7-18-10-4-3-9(13(14,15)16)8-11(10)19-12(20)5-6-17/h3-4,8,18H,2,5-7,17H2,1H3,(H,19,20). The molecule has 0 aliphatic heterocycles. The van der Waals surface area contributed by atoms with Gasteiger partial charge in [0, 0.05) is 19.5 Å². The van der Waals surface area contributed by atoms with Gasteiger partial charge < -0.3 is 16.4 Å². The van der Waals surface area contributed by atoms with Gasteiger partial charge in [0.05, 0.1) is 16.9 Å². The second-order valence-corrected chi connectivity index (χ2v) is 4.27. The van der Waals surface area contributed by atoms with Crippen LogP contribution in [0.2, 0.25) is 0 Å². The molecule has 4 N–H and O–H groups in total. The number of nitrogens with one attached hydrogen (secondary N) is 2. The predicted molar refractivity (Wildman–Crippen MR) is 72.5 cm³/mol. The molecule has 1 rings (SSSR count). The van der Waals surface area contributed by atoms with E-state index in [2.05, 4.69) is 10.6 Å². The van der Waals surface area contributed by atoms with Gasteiger partial charge in [0.15, 0.2) is 0 Å². The molecular weight excluding hydrogens is 271 g/mol. The summed E-state index contributed by atoms with van der Waals surface area (Å²) in [6.07, 6.45) is -3.57. The van der Waals surface area contributed by atoms with E-state index in [1.54, 1.807) is 0 Å². The van der Waals surface area contributed by atoms with E-state index >= 15 is 0 Å². The van der Waals surface area contributed by atoms with E-state index in [4.69, 9.17) is 5.73 Å². The molecule has 0 aliphatic rings. The van der Waals surface area contributed by atoms with Crippen molar-refractivity contribution in [2.75, 3.05) is 23.7 Å². The number of carbonyl (C=O) groups is 1. The number of benzene rings is 1. The zero-order valence-corrected chi connectivity index (χ0v) is 11.2. The molecule has 0 fully saturated rings. The van der Waals surface area contributed by atoms with Gasteiger partial charge in [0.25, 0.3) is 0 Å². The average Bonchev–Trinajstić information content (AvgIpc) is 2.36. The van der Waals surface area contributed by atoms with Crippen LogP contribution in [-0.4, -0.2) is 19.0 Å². The van der Waals surface area contributed by atoms with Crippen LogP contribution in [0.1, 0.15) is 25.3 Å². The first-order valence-electron chi connectivity index (χ1n) is 6.33. The first kappa shape index (κ1) is 16.3. The van der Waals surface area contributed by atoms with Crippen LogP contribution in [0.3, 0.4) is 0 Å². The number of amides is 1. The highest BCUT2D eigenvalue weighted by Crippen LogP contribution is 2.34. The van der Waals surface area contributed by atoms with Crippen molar-refractivity contribution in [3.8, 4) is 0 Å². The van der Waals surface area contributed by atoms with E-state index < -0.39 is 17.6 Å². The molecular formula is C13H18F3N3O. The normalized spacial score (nSPS) is 11.2. The van der Waals surface area contributed by atoms with Gasteiger partial charge in [-0.15, -0.1) is 0 Å². The number of alkyl halides is 3. The molecule has 0 saturated carbocycles. The van der Waals surface area contributed by atoms with Crippen LogP contribution < -0.4 is 16.4 Å². The number of halogens is 3. The van der Waals surface area contributed by atoms with Crippen LogP contribution in [0, 0.1) is 0 Å². The summed E-state index contributed by atoms with van der Waals surface area (Å²) in [5.74, 6) is -0.411. The Morgan fingerprint density at radius 3 is 2.55 bits per heavy atom. The maximum atomic E-state index is 12.7. The number of nitrogens with two attached hydrogens (primary N) is 1. The molecule has 7 heteroatoms. The van der Waals surface area contributed by atoms with Crippen molar-refractivity contribution in [1.29, 1.82) is 0 Å². The largest absolute Gasteiger partial charge is 0.416 e. The molecule has 0 radical (unpaired) electrons. The number of anilines is 2. The van der Waals surface area contributed by atoms with E-state index in [0.29, 0.717) is 12.2 Å². The highest BCUT2D eigenvalue weighted by atomic mass is 19.4. The van der Waals surface area contributed by atoms with Gasteiger partial charge in [-0.3, -0.25) is 4.79 Å². The Labute approximate surface area is 115 Å². The topological polar surface area (TPSA) is 67.1 Å². The van der Waals surface area contributed by atoms with Crippen LogP contribution in [0.4, 0.5) is 24.5 Å². The van der Waals surface area contributed by atoms with Crippen LogP contribution in [-0.2, 0) is 11.0 Å². The van der Waals surface area contributed by atoms with Crippen molar-refractivity contribution in [3.05, 3.63) is 23.8 Å². The molecule has 0 heterocycles. The molecule has 0 aliphatic carbocycles. The van der Waals surface area contributed by atoms with E-state index in [1.807, 2.05) is 6.92 Å². The molecule has 0 atom stereocenters. The fraction of sp³-hybridized carbons (Fsp3) is 0.462. The number of carbonyl (C=O) groups excluding carboxylic acids is 1. The Bertz CT molecular complexity index is 461. The highest BCUT2D eigenvalue weighted by Gasteiger charge is 2.31. The van der Waals surface area contributed by atoms with Gasteiger partial charge >= 0.3 is 6.18 Å². The predicted octanol–water partition coefficient (Wildman–Crippen LogP) is 2.81. The third-order valence-corrected chi connectivity index (χ3v) is 2.56. The zero-order chi connectivity index (χ0) is 15.2. The first-order chi connectivity index (χ1) is 9.38. The maximum Gasteiger partial charge on any atom is 0.416 e. The van der Waals surface area contributed by atoms with Gasteiger partial charge in [-0.2, -0.15) is 13.2 Å². The van der Waals surface area contributed by atoms with Gasteiger partial charge in [-0.05, 0) is 24.6 Å². The summed E-state index contributed by atoms with van der Waals surface area (Å²) in [5.41, 5.74) is 5.02. The SMILES string of the molecule is CCCNc1ccc(C(F)(F)F)cc1NC(=O)CCN. The molecule has 1 aromatic rings. The third kappa shape index (κ3) is 4.73. The van der Waals surface area contributed by atoms with Gasteiger partial charge in [-0.1, -0.05) is 6.92 Å². The highest BCUT2D eigenvalue weighted by molar-refractivity contribution is 5.94. The van der Waals surface area contributed by atoms with Crippen LogP contribution in [0.15, 0.2) is 18.2 Å². The van der Waals surface area contributed by atoms with E-state index in [1.165, 1.54) is 6.07 Å². The number of hydrogen-bond acceptors (Lipinski definition) is 3. The van der Waals surface area contributed by atoms with Gasteiger partial charge in [0.2, 0.25) is 5.91 Å². The molecule has 0 unspecified atom stereocenters. The lowest BCUT2D eigenvalue weighted by molar-refractivity contribution is -0.137. The summed E-state index contributed by atoms with van der Waals surface area (Å²) in [7, 11) is 0. The van der Waals surface area contributed by atoms with E-state index in [9.17, 15) is 18.0 Å². The van der Waals surface area contributed by atoms with E-state index in [-0.39, 0.29) is 18.7 Å². The van der Waals surface area contributed by atoms with Crippen LogP contribution >= 0.6 is 0 Å². The summed E-state index contributed by atoms with van der Waals surface area (Å²) in [5, 5.41) is 5.43. The summed E-state index contributed by atoms with van der Waals surface area (Å²) in [6.45, 7) is 2.68. The summed E-state index contributed by atoms with van der Waals surface area (Å²) >= 11 is 0. The lowest BCUT2D eigenvalue weighted by atomic mass is 10.1. The monoisotopic (exact) mass is 289 g/mol. The second kappa shape index (κ2) is 7.14. The lowest BCUT2D eigenvalue weighted by Crippen LogP contribution is -2.18. The number of hydrogen-bond donors (Lipinski definition) is 3. The Balaban J connectivity index is 3.02. The Hall–Kier alpha value is -1.76. The summed E-state index contributed by atoms with van der Waals surface area (Å²) < 4.78 is 38.1. The minimum atomic E-state index is -4.45. The molecule has 112 valence electrons. The lowest BCUT2D eigenvalue weighted by Gasteiger charge is -2.15. The first-order valence-corrected chi connectivity index (χ1v) is 6.33. The molecule has 4 nitrogen and oxygen atoms in total. The molecule has 0 aromatic heterocycles. The maximum absolute atomic E-state index is 12.7. The minimum Gasteiger partial charge on any atom is -0.383 e.